The zero-order chi connectivity index (χ0) is 17.6. The third-order valence-corrected chi connectivity index (χ3v) is 4.27. The molecule has 25 heavy (non-hydrogen) atoms. The maximum absolute atomic E-state index is 12.3. The van der Waals surface area contributed by atoms with E-state index in [1.54, 1.807) is 6.20 Å². The summed E-state index contributed by atoms with van der Waals surface area (Å²) in [6.07, 6.45) is 4.85. The van der Waals surface area contributed by atoms with Crippen molar-refractivity contribution >= 4 is 11.9 Å². The number of carboxylic acid groups (broad SMARTS) is 1. The molecular formula is C17H21N5O3. The van der Waals surface area contributed by atoms with Crippen molar-refractivity contribution in [3.8, 4) is 0 Å². The average molecular weight is 343 g/mol. The van der Waals surface area contributed by atoms with Crippen LogP contribution in [-0.2, 0) is 17.9 Å². The number of rotatable bonds is 6. The van der Waals surface area contributed by atoms with E-state index in [0.29, 0.717) is 26.1 Å². The number of pyridine rings is 1. The number of amides is 1. The summed E-state index contributed by atoms with van der Waals surface area (Å²) in [4.78, 5) is 31.6. The van der Waals surface area contributed by atoms with E-state index in [1.807, 2.05) is 23.1 Å². The monoisotopic (exact) mass is 343 g/mol. The minimum absolute atomic E-state index is 0.0739. The van der Waals surface area contributed by atoms with Crippen molar-refractivity contribution in [2.45, 2.75) is 19.5 Å². The normalized spacial score (nSPS) is 15.3. The summed E-state index contributed by atoms with van der Waals surface area (Å²) in [5.41, 5.74) is 1.17. The van der Waals surface area contributed by atoms with Gasteiger partial charge in [0.2, 0.25) is 5.91 Å². The maximum Gasteiger partial charge on any atom is 0.338 e. The van der Waals surface area contributed by atoms with Gasteiger partial charge in [0.15, 0.2) is 0 Å². The van der Waals surface area contributed by atoms with Crippen LogP contribution in [-0.4, -0.2) is 67.7 Å². The van der Waals surface area contributed by atoms with E-state index in [-0.39, 0.29) is 11.5 Å². The van der Waals surface area contributed by atoms with Crippen molar-refractivity contribution in [1.82, 2.24) is 24.6 Å². The maximum atomic E-state index is 12.3. The molecule has 0 saturated carbocycles. The Labute approximate surface area is 145 Å². The van der Waals surface area contributed by atoms with Gasteiger partial charge in [-0.25, -0.2) is 4.79 Å². The lowest BCUT2D eigenvalue weighted by atomic mass is 10.2. The topological polar surface area (TPSA) is 91.6 Å². The standard InChI is InChI=1S/C17H21N5O3/c23-16(4-6-22-12-14(11-19-22)17(24)25)21-9-7-20(8-10-21)13-15-3-1-2-5-18-15/h1-3,5,11-12H,4,6-10,13H2,(H,24,25). The Kier molecular flexibility index (Phi) is 5.39. The minimum atomic E-state index is -1.01. The second kappa shape index (κ2) is 7.89. The lowest BCUT2D eigenvalue weighted by Crippen LogP contribution is -2.48. The SMILES string of the molecule is O=C(O)c1cnn(CCC(=O)N2CCN(Cc3ccccn3)CC2)c1. The number of piperazine rings is 1. The van der Waals surface area contributed by atoms with Gasteiger partial charge in [-0.15, -0.1) is 0 Å². The fourth-order valence-electron chi connectivity index (χ4n) is 2.84. The van der Waals surface area contributed by atoms with Crippen LogP contribution in [0.2, 0.25) is 0 Å². The Bertz CT molecular complexity index is 723. The van der Waals surface area contributed by atoms with E-state index in [1.165, 1.54) is 17.1 Å². The minimum Gasteiger partial charge on any atom is -0.478 e. The first-order valence-electron chi connectivity index (χ1n) is 8.27. The van der Waals surface area contributed by atoms with Gasteiger partial charge in [0.1, 0.15) is 0 Å². The van der Waals surface area contributed by atoms with Crippen LogP contribution in [0.15, 0.2) is 36.8 Å². The Hall–Kier alpha value is -2.74. The molecule has 1 amide bonds. The number of hydrogen-bond donors (Lipinski definition) is 1. The second-order valence-electron chi connectivity index (χ2n) is 6.03. The molecule has 0 spiro atoms. The average Bonchev–Trinajstić information content (AvgIpc) is 3.11. The molecule has 0 aromatic carbocycles. The summed E-state index contributed by atoms with van der Waals surface area (Å²) in [6, 6.07) is 5.89. The van der Waals surface area contributed by atoms with Gasteiger partial charge in [0.05, 0.1) is 17.5 Å². The fraction of sp³-hybridized carbons (Fsp3) is 0.412. The zero-order valence-corrected chi connectivity index (χ0v) is 13.9. The molecule has 1 aliphatic rings. The lowest BCUT2D eigenvalue weighted by molar-refractivity contribution is -0.133. The van der Waals surface area contributed by atoms with Gasteiger partial charge in [-0.05, 0) is 12.1 Å². The molecule has 0 atom stereocenters. The number of aromatic nitrogens is 3. The van der Waals surface area contributed by atoms with Crippen LogP contribution in [0.25, 0.3) is 0 Å². The van der Waals surface area contributed by atoms with Crippen LogP contribution in [0.1, 0.15) is 22.5 Å². The molecule has 1 aliphatic heterocycles. The largest absolute Gasteiger partial charge is 0.478 e. The van der Waals surface area contributed by atoms with Crippen molar-refractivity contribution in [2.24, 2.45) is 0 Å². The molecule has 8 nitrogen and oxygen atoms in total. The molecule has 1 saturated heterocycles. The van der Waals surface area contributed by atoms with Gasteiger partial charge in [0.25, 0.3) is 0 Å². The van der Waals surface area contributed by atoms with Gasteiger partial charge in [-0.3, -0.25) is 19.4 Å². The van der Waals surface area contributed by atoms with Crippen LogP contribution in [0, 0.1) is 0 Å². The molecule has 1 N–H and O–H groups in total. The highest BCUT2D eigenvalue weighted by atomic mass is 16.4. The quantitative estimate of drug-likeness (QED) is 0.831. The van der Waals surface area contributed by atoms with Crippen molar-refractivity contribution < 1.29 is 14.7 Å². The molecule has 3 heterocycles. The summed E-state index contributed by atoms with van der Waals surface area (Å²) < 4.78 is 1.50. The number of hydrogen-bond acceptors (Lipinski definition) is 5. The van der Waals surface area contributed by atoms with Crippen LogP contribution in [0.3, 0.4) is 0 Å². The highest BCUT2D eigenvalue weighted by Gasteiger charge is 2.21. The Morgan fingerprint density at radius 2 is 1.96 bits per heavy atom. The van der Waals surface area contributed by atoms with Gasteiger partial charge < -0.3 is 10.0 Å². The van der Waals surface area contributed by atoms with Crippen LogP contribution >= 0.6 is 0 Å². The van der Waals surface area contributed by atoms with Gasteiger partial charge in [-0.1, -0.05) is 6.07 Å². The molecule has 8 heteroatoms. The zero-order valence-electron chi connectivity index (χ0n) is 13.9. The molecule has 0 bridgehead atoms. The third-order valence-electron chi connectivity index (χ3n) is 4.27. The molecule has 0 radical (unpaired) electrons. The molecular weight excluding hydrogens is 322 g/mol. The summed E-state index contributed by atoms with van der Waals surface area (Å²) >= 11 is 0. The molecule has 3 rings (SSSR count). The molecule has 2 aromatic heterocycles. The van der Waals surface area contributed by atoms with Crippen LogP contribution < -0.4 is 0 Å². The fourth-order valence-corrected chi connectivity index (χ4v) is 2.84. The smallest absolute Gasteiger partial charge is 0.338 e. The van der Waals surface area contributed by atoms with E-state index in [2.05, 4.69) is 15.0 Å². The van der Waals surface area contributed by atoms with E-state index in [9.17, 15) is 9.59 Å². The first-order chi connectivity index (χ1) is 12.1. The van der Waals surface area contributed by atoms with E-state index in [4.69, 9.17) is 5.11 Å². The Morgan fingerprint density at radius 3 is 2.60 bits per heavy atom. The highest BCUT2D eigenvalue weighted by molar-refractivity contribution is 5.86. The first-order valence-corrected chi connectivity index (χ1v) is 8.27. The summed E-state index contributed by atoms with van der Waals surface area (Å²) in [5, 5.41) is 12.8. The molecule has 0 aliphatic carbocycles. The molecule has 2 aromatic rings. The number of nitrogens with zero attached hydrogens (tertiary/aromatic N) is 5. The predicted octanol–water partition coefficient (Wildman–Crippen LogP) is 0.711. The molecule has 0 unspecified atom stereocenters. The van der Waals surface area contributed by atoms with E-state index < -0.39 is 5.97 Å². The second-order valence-corrected chi connectivity index (χ2v) is 6.03. The van der Waals surface area contributed by atoms with Crippen molar-refractivity contribution in [1.29, 1.82) is 0 Å². The van der Waals surface area contributed by atoms with Crippen LogP contribution in [0.5, 0.6) is 0 Å². The van der Waals surface area contributed by atoms with E-state index >= 15 is 0 Å². The van der Waals surface area contributed by atoms with E-state index in [0.717, 1.165) is 25.3 Å². The van der Waals surface area contributed by atoms with Crippen molar-refractivity contribution in [2.75, 3.05) is 26.2 Å². The predicted molar refractivity (Wildman–Crippen MR) is 89.9 cm³/mol. The third kappa shape index (κ3) is 4.63. The summed E-state index contributed by atoms with van der Waals surface area (Å²) in [5.74, 6) is -0.938. The molecule has 1 fully saturated rings. The lowest BCUT2D eigenvalue weighted by Gasteiger charge is -2.34. The number of carbonyl (C=O) groups excluding carboxylic acids is 1. The Morgan fingerprint density at radius 1 is 1.16 bits per heavy atom. The van der Waals surface area contributed by atoms with Crippen molar-refractivity contribution in [3.63, 3.8) is 0 Å². The van der Waals surface area contributed by atoms with Gasteiger partial charge in [-0.2, -0.15) is 5.10 Å². The van der Waals surface area contributed by atoms with Crippen LogP contribution in [0.4, 0.5) is 0 Å². The number of carbonyl (C=O) groups is 2. The summed E-state index contributed by atoms with van der Waals surface area (Å²) in [6.45, 7) is 4.24. The highest BCUT2D eigenvalue weighted by Crippen LogP contribution is 2.08. The van der Waals surface area contributed by atoms with Gasteiger partial charge >= 0.3 is 5.97 Å². The number of aryl methyl sites for hydroxylation is 1. The molecule has 132 valence electrons. The number of aromatic carboxylic acids is 1. The number of carboxylic acids is 1. The summed E-state index contributed by atoms with van der Waals surface area (Å²) in [7, 11) is 0. The van der Waals surface area contributed by atoms with Gasteiger partial charge in [0, 0.05) is 58.1 Å². The first kappa shape index (κ1) is 17.1. The van der Waals surface area contributed by atoms with Crippen molar-refractivity contribution in [3.05, 3.63) is 48.0 Å². The Balaban J connectivity index is 1.42.